The third-order valence-electron chi connectivity index (χ3n) is 3.06. The number of imide groups is 1. The van der Waals surface area contributed by atoms with Gasteiger partial charge in [0.15, 0.2) is 0 Å². The third kappa shape index (κ3) is 4.67. The number of hydrogen-bond acceptors (Lipinski definition) is 3. The summed E-state index contributed by atoms with van der Waals surface area (Å²) in [6.45, 7) is 4.36. The highest BCUT2D eigenvalue weighted by atomic mass is 16.2. The Morgan fingerprint density at radius 1 is 1.29 bits per heavy atom. The maximum Gasteiger partial charge on any atom is 0.237 e. The van der Waals surface area contributed by atoms with Crippen LogP contribution in [0.15, 0.2) is 0 Å². The van der Waals surface area contributed by atoms with Crippen molar-refractivity contribution in [2.24, 2.45) is 11.8 Å². The SMILES string of the molecule is CC(C)CCCCCC(=O)C1CC(=O)NC1=O. The van der Waals surface area contributed by atoms with Gasteiger partial charge in [0.1, 0.15) is 11.7 Å². The number of hydrogen-bond donors (Lipinski definition) is 1. The zero-order valence-electron chi connectivity index (χ0n) is 10.6. The Bertz CT molecular complexity index is 310. The Morgan fingerprint density at radius 2 is 2.00 bits per heavy atom. The van der Waals surface area contributed by atoms with Crippen molar-refractivity contribution in [1.29, 1.82) is 0 Å². The smallest absolute Gasteiger partial charge is 0.237 e. The van der Waals surface area contributed by atoms with Crippen LogP contribution in [0.3, 0.4) is 0 Å². The summed E-state index contributed by atoms with van der Waals surface area (Å²) in [6.07, 6.45) is 4.61. The molecule has 1 fully saturated rings. The van der Waals surface area contributed by atoms with Gasteiger partial charge in [-0.25, -0.2) is 0 Å². The lowest BCUT2D eigenvalue weighted by molar-refractivity contribution is -0.131. The molecule has 1 rings (SSSR count). The molecule has 1 aliphatic heterocycles. The fourth-order valence-corrected chi connectivity index (χ4v) is 2.02. The topological polar surface area (TPSA) is 63.2 Å². The van der Waals surface area contributed by atoms with Crippen molar-refractivity contribution in [2.45, 2.75) is 52.4 Å². The molecule has 0 radical (unpaired) electrons. The van der Waals surface area contributed by atoms with Crippen LogP contribution in [-0.2, 0) is 14.4 Å². The predicted molar refractivity (Wildman–Crippen MR) is 64.2 cm³/mol. The summed E-state index contributed by atoms with van der Waals surface area (Å²) in [5, 5.41) is 2.17. The van der Waals surface area contributed by atoms with E-state index in [9.17, 15) is 14.4 Å². The van der Waals surface area contributed by atoms with Crippen LogP contribution in [0, 0.1) is 11.8 Å². The number of rotatable bonds is 7. The van der Waals surface area contributed by atoms with Crippen LogP contribution < -0.4 is 5.32 Å². The van der Waals surface area contributed by atoms with Gasteiger partial charge in [-0.2, -0.15) is 0 Å². The molecule has 1 atom stereocenters. The first-order chi connectivity index (χ1) is 8.00. The minimum atomic E-state index is -0.715. The molecule has 0 saturated carbocycles. The molecule has 4 nitrogen and oxygen atoms in total. The van der Waals surface area contributed by atoms with Crippen molar-refractivity contribution in [1.82, 2.24) is 5.32 Å². The van der Waals surface area contributed by atoms with E-state index in [2.05, 4.69) is 19.2 Å². The number of nitrogens with one attached hydrogen (secondary N) is 1. The number of carbonyl (C=O) groups is 3. The number of amides is 2. The Morgan fingerprint density at radius 3 is 2.53 bits per heavy atom. The van der Waals surface area contributed by atoms with E-state index in [0.29, 0.717) is 12.3 Å². The zero-order chi connectivity index (χ0) is 12.8. The highest BCUT2D eigenvalue weighted by molar-refractivity contribution is 6.14. The molecule has 0 spiro atoms. The van der Waals surface area contributed by atoms with Gasteiger partial charge < -0.3 is 0 Å². The summed E-state index contributed by atoms with van der Waals surface area (Å²) in [6, 6.07) is 0. The van der Waals surface area contributed by atoms with E-state index < -0.39 is 11.8 Å². The number of ketones is 1. The second-order valence-electron chi connectivity index (χ2n) is 5.13. The number of unbranched alkanes of at least 4 members (excludes halogenated alkanes) is 2. The lowest BCUT2D eigenvalue weighted by Crippen LogP contribution is -2.26. The molecule has 0 aromatic rings. The van der Waals surface area contributed by atoms with Crippen LogP contribution in [0.2, 0.25) is 0 Å². The van der Waals surface area contributed by atoms with Crippen molar-refractivity contribution in [3.63, 3.8) is 0 Å². The Balaban J connectivity index is 2.17. The van der Waals surface area contributed by atoms with E-state index >= 15 is 0 Å². The molecule has 1 unspecified atom stereocenters. The average molecular weight is 239 g/mol. The predicted octanol–water partition coefficient (Wildman–Crippen LogP) is 1.82. The van der Waals surface area contributed by atoms with Gasteiger partial charge in [-0.3, -0.25) is 19.7 Å². The molecule has 0 aromatic heterocycles. The first-order valence-corrected chi connectivity index (χ1v) is 6.37. The Labute approximate surface area is 102 Å². The van der Waals surface area contributed by atoms with Gasteiger partial charge in [0, 0.05) is 12.8 Å². The first kappa shape index (κ1) is 13.9. The summed E-state index contributed by atoms with van der Waals surface area (Å²) in [5.41, 5.74) is 0. The van der Waals surface area contributed by atoms with E-state index in [1.54, 1.807) is 0 Å². The molecule has 1 heterocycles. The van der Waals surface area contributed by atoms with E-state index in [-0.39, 0.29) is 18.1 Å². The Hall–Kier alpha value is -1.19. The fourth-order valence-electron chi connectivity index (χ4n) is 2.02. The number of Topliss-reactive ketones (excluding diaryl/α,β-unsaturated/α-hetero) is 1. The summed E-state index contributed by atoms with van der Waals surface area (Å²) in [5.74, 6) is -0.843. The quantitative estimate of drug-likeness (QED) is 0.419. The highest BCUT2D eigenvalue weighted by Crippen LogP contribution is 2.16. The van der Waals surface area contributed by atoms with E-state index in [1.165, 1.54) is 6.42 Å². The molecule has 17 heavy (non-hydrogen) atoms. The molecule has 4 heteroatoms. The molecule has 1 aliphatic rings. The molecule has 96 valence electrons. The lowest BCUT2D eigenvalue weighted by Gasteiger charge is -2.06. The fraction of sp³-hybridized carbons (Fsp3) is 0.769. The summed E-state index contributed by atoms with van der Waals surface area (Å²) >= 11 is 0. The minimum Gasteiger partial charge on any atom is -0.299 e. The van der Waals surface area contributed by atoms with E-state index in [1.807, 2.05) is 0 Å². The van der Waals surface area contributed by atoms with Gasteiger partial charge in [-0.15, -0.1) is 0 Å². The molecular formula is C13H21NO3. The van der Waals surface area contributed by atoms with Gasteiger partial charge in [-0.05, 0) is 12.3 Å². The Kier molecular flexibility index (Phi) is 5.32. The molecular weight excluding hydrogens is 218 g/mol. The second-order valence-corrected chi connectivity index (χ2v) is 5.13. The first-order valence-electron chi connectivity index (χ1n) is 6.37. The minimum absolute atomic E-state index is 0.0453. The van der Waals surface area contributed by atoms with Gasteiger partial charge in [0.25, 0.3) is 0 Å². The van der Waals surface area contributed by atoms with Crippen LogP contribution in [-0.4, -0.2) is 17.6 Å². The maximum atomic E-state index is 11.7. The summed E-state index contributed by atoms with van der Waals surface area (Å²) in [7, 11) is 0. The normalized spacial score (nSPS) is 19.8. The summed E-state index contributed by atoms with van der Waals surface area (Å²) in [4.78, 5) is 33.9. The van der Waals surface area contributed by atoms with Gasteiger partial charge >= 0.3 is 0 Å². The van der Waals surface area contributed by atoms with Crippen LogP contribution >= 0.6 is 0 Å². The van der Waals surface area contributed by atoms with Gasteiger partial charge in [0.2, 0.25) is 11.8 Å². The van der Waals surface area contributed by atoms with Crippen molar-refractivity contribution in [2.75, 3.05) is 0 Å². The van der Waals surface area contributed by atoms with Gasteiger partial charge in [-0.1, -0.05) is 33.1 Å². The molecule has 2 amide bonds. The second kappa shape index (κ2) is 6.52. The van der Waals surface area contributed by atoms with Crippen molar-refractivity contribution >= 4 is 17.6 Å². The number of carbonyl (C=O) groups excluding carboxylic acids is 3. The molecule has 1 saturated heterocycles. The van der Waals surface area contributed by atoms with Crippen molar-refractivity contribution in [3.8, 4) is 0 Å². The molecule has 0 aromatic carbocycles. The molecule has 0 bridgehead atoms. The van der Waals surface area contributed by atoms with Crippen LogP contribution in [0.25, 0.3) is 0 Å². The standard InChI is InChI=1S/C13H21NO3/c1-9(2)6-4-3-5-7-11(15)10-8-12(16)14-13(10)17/h9-10H,3-8H2,1-2H3,(H,14,16,17). The monoisotopic (exact) mass is 239 g/mol. The van der Waals surface area contributed by atoms with E-state index in [0.717, 1.165) is 19.3 Å². The van der Waals surface area contributed by atoms with Crippen molar-refractivity contribution in [3.05, 3.63) is 0 Å². The van der Waals surface area contributed by atoms with Crippen LogP contribution in [0.5, 0.6) is 0 Å². The zero-order valence-corrected chi connectivity index (χ0v) is 10.6. The van der Waals surface area contributed by atoms with Crippen LogP contribution in [0.4, 0.5) is 0 Å². The highest BCUT2D eigenvalue weighted by Gasteiger charge is 2.35. The van der Waals surface area contributed by atoms with Crippen LogP contribution in [0.1, 0.15) is 52.4 Å². The van der Waals surface area contributed by atoms with Gasteiger partial charge in [0.05, 0.1) is 0 Å². The largest absolute Gasteiger partial charge is 0.299 e. The lowest BCUT2D eigenvalue weighted by atomic mass is 9.96. The molecule has 0 aliphatic carbocycles. The maximum absolute atomic E-state index is 11.7. The summed E-state index contributed by atoms with van der Waals surface area (Å²) < 4.78 is 0. The molecule has 1 N–H and O–H groups in total. The third-order valence-corrected chi connectivity index (χ3v) is 3.06. The van der Waals surface area contributed by atoms with E-state index in [4.69, 9.17) is 0 Å². The van der Waals surface area contributed by atoms with Crippen molar-refractivity contribution < 1.29 is 14.4 Å². The average Bonchev–Trinajstić information content (AvgIpc) is 2.56.